The summed E-state index contributed by atoms with van der Waals surface area (Å²) in [5.74, 6) is 0. The number of rotatable bonds is 3. The Kier molecular flexibility index (Phi) is 3.46. The molecule has 0 amide bonds. The van der Waals surface area contributed by atoms with Crippen molar-refractivity contribution in [3.05, 3.63) is 48.1 Å². The zero-order valence-corrected chi connectivity index (χ0v) is 11.0. The molecule has 0 spiro atoms. The van der Waals surface area contributed by atoms with E-state index in [0.717, 1.165) is 36.6 Å². The van der Waals surface area contributed by atoms with Crippen molar-refractivity contribution in [2.24, 2.45) is 0 Å². The Bertz CT molecular complexity index is 525. The Morgan fingerprint density at radius 3 is 2.95 bits per heavy atom. The van der Waals surface area contributed by atoms with Crippen molar-refractivity contribution in [3.8, 4) is 0 Å². The number of likely N-dealkylation sites (tertiary alicyclic amines) is 1. The fourth-order valence-corrected chi connectivity index (χ4v) is 2.56. The molecule has 2 aromatic heterocycles. The third-order valence-corrected chi connectivity index (χ3v) is 3.51. The van der Waals surface area contributed by atoms with E-state index in [1.165, 1.54) is 6.42 Å². The van der Waals surface area contributed by atoms with Gasteiger partial charge < -0.3 is 0 Å². The third-order valence-electron chi connectivity index (χ3n) is 3.51. The SMILES string of the molecule is Cc1cnc(CN2CCC[C@H]2c2ccncn2)cn1. The van der Waals surface area contributed by atoms with Crippen LogP contribution in [0.5, 0.6) is 0 Å². The molecule has 0 bridgehead atoms. The van der Waals surface area contributed by atoms with Crippen LogP contribution in [0.15, 0.2) is 31.0 Å². The van der Waals surface area contributed by atoms with Crippen molar-refractivity contribution < 1.29 is 0 Å². The fourth-order valence-electron chi connectivity index (χ4n) is 2.56. The maximum Gasteiger partial charge on any atom is 0.115 e. The molecule has 1 fully saturated rings. The highest BCUT2D eigenvalue weighted by Gasteiger charge is 2.27. The van der Waals surface area contributed by atoms with Gasteiger partial charge >= 0.3 is 0 Å². The van der Waals surface area contributed by atoms with Gasteiger partial charge in [0.25, 0.3) is 0 Å². The van der Waals surface area contributed by atoms with Crippen molar-refractivity contribution >= 4 is 0 Å². The summed E-state index contributed by atoms with van der Waals surface area (Å²) in [6, 6.07) is 2.38. The molecule has 0 radical (unpaired) electrons. The monoisotopic (exact) mass is 255 g/mol. The molecule has 19 heavy (non-hydrogen) atoms. The number of aryl methyl sites for hydroxylation is 1. The van der Waals surface area contributed by atoms with Crippen LogP contribution in [0, 0.1) is 6.92 Å². The summed E-state index contributed by atoms with van der Waals surface area (Å²) in [5, 5.41) is 0. The second kappa shape index (κ2) is 5.40. The van der Waals surface area contributed by atoms with E-state index < -0.39 is 0 Å². The predicted octanol–water partition coefficient (Wildman–Crippen LogP) is 1.91. The minimum absolute atomic E-state index is 0.381. The Balaban J connectivity index is 1.75. The predicted molar refractivity (Wildman–Crippen MR) is 71.2 cm³/mol. The molecule has 0 saturated carbocycles. The van der Waals surface area contributed by atoms with Crippen LogP contribution in [0.3, 0.4) is 0 Å². The lowest BCUT2D eigenvalue weighted by molar-refractivity contribution is 0.241. The van der Waals surface area contributed by atoms with Gasteiger partial charge in [0, 0.05) is 25.1 Å². The smallest absolute Gasteiger partial charge is 0.115 e. The van der Waals surface area contributed by atoms with Crippen molar-refractivity contribution in [3.63, 3.8) is 0 Å². The van der Waals surface area contributed by atoms with E-state index >= 15 is 0 Å². The molecule has 0 aliphatic carbocycles. The first-order chi connectivity index (χ1) is 9.33. The molecule has 0 aromatic carbocycles. The molecule has 1 atom stereocenters. The Labute approximate surface area is 112 Å². The van der Waals surface area contributed by atoms with Gasteiger partial charge in [0.15, 0.2) is 0 Å². The number of nitrogens with zero attached hydrogens (tertiary/aromatic N) is 5. The number of hydrogen-bond donors (Lipinski definition) is 0. The molecule has 1 saturated heterocycles. The summed E-state index contributed by atoms with van der Waals surface area (Å²) in [5.41, 5.74) is 3.08. The van der Waals surface area contributed by atoms with Crippen LogP contribution in [0.4, 0.5) is 0 Å². The molecular formula is C14H17N5. The molecular weight excluding hydrogens is 238 g/mol. The average molecular weight is 255 g/mol. The third kappa shape index (κ3) is 2.76. The van der Waals surface area contributed by atoms with Crippen LogP contribution in [0.25, 0.3) is 0 Å². The van der Waals surface area contributed by atoms with Gasteiger partial charge in [0.05, 0.1) is 23.1 Å². The quantitative estimate of drug-likeness (QED) is 0.838. The lowest BCUT2D eigenvalue weighted by atomic mass is 10.1. The Hall–Kier alpha value is -1.88. The molecule has 98 valence electrons. The number of hydrogen-bond acceptors (Lipinski definition) is 5. The van der Waals surface area contributed by atoms with Gasteiger partial charge in [-0.1, -0.05) is 0 Å². The molecule has 2 aromatic rings. The van der Waals surface area contributed by atoms with Gasteiger partial charge in [0.1, 0.15) is 6.33 Å². The first-order valence-corrected chi connectivity index (χ1v) is 6.60. The summed E-state index contributed by atoms with van der Waals surface area (Å²) < 4.78 is 0. The highest BCUT2D eigenvalue weighted by molar-refractivity contribution is 5.09. The Morgan fingerprint density at radius 2 is 2.21 bits per heavy atom. The van der Waals surface area contributed by atoms with Crippen LogP contribution >= 0.6 is 0 Å². The maximum absolute atomic E-state index is 4.43. The van der Waals surface area contributed by atoms with Crippen molar-refractivity contribution in [2.45, 2.75) is 32.4 Å². The first kappa shape index (κ1) is 12.2. The highest BCUT2D eigenvalue weighted by atomic mass is 15.2. The van der Waals surface area contributed by atoms with Crippen LogP contribution < -0.4 is 0 Å². The first-order valence-electron chi connectivity index (χ1n) is 6.60. The van der Waals surface area contributed by atoms with E-state index in [9.17, 15) is 0 Å². The van der Waals surface area contributed by atoms with Gasteiger partial charge in [-0.25, -0.2) is 9.97 Å². The summed E-state index contributed by atoms with van der Waals surface area (Å²) in [6.45, 7) is 3.88. The van der Waals surface area contributed by atoms with E-state index in [1.54, 1.807) is 6.33 Å². The van der Waals surface area contributed by atoms with Gasteiger partial charge in [-0.3, -0.25) is 14.9 Å². The van der Waals surface area contributed by atoms with Crippen LogP contribution in [0.1, 0.15) is 36.0 Å². The van der Waals surface area contributed by atoms with E-state index in [2.05, 4.69) is 24.8 Å². The van der Waals surface area contributed by atoms with Crippen LogP contribution in [-0.4, -0.2) is 31.4 Å². The second-order valence-electron chi connectivity index (χ2n) is 4.91. The molecule has 3 rings (SSSR count). The summed E-state index contributed by atoms with van der Waals surface area (Å²) >= 11 is 0. The lowest BCUT2D eigenvalue weighted by Gasteiger charge is -2.23. The molecule has 0 unspecified atom stereocenters. The van der Waals surface area contributed by atoms with E-state index in [0.29, 0.717) is 6.04 Å². The van der Waals surface area contributed by atoms with Gasteiger partial charge in [-0.05, 0) is 32.4 Å². The normalized spacial score (nSPS) is 19.7. The molecule has 1 aliphatic rings. The molecule has 1 aliphatic heterocycles. The topological polar surface area (TPSA) is 54.8 Å². The fraction of sp³-hybridized carbons (Fsp3) is 0.429. The molecule has 3 heterocycles. The van der Waals surface area contributed by atoms with Crippen molar-refractivity contribution in [2.75, 3.05) is 6.54 Å². The van der Waals surface area contributed by atoms with Gasteiger partial charge in [-0.15, -0.1) is 0 Å². The molecule has 0 N–H and O–H groups in total. The average Bonchev–Trinajstić information content (AvgIpc) is 2.90. The summed E-state index contributed by atoms with van der Waals surface area (Å²) in [6.07, 6.45) is 9.47. The minimum Gasteiger partial charge on any atom is -0.289 e. The van der Waals surface area contributed by atoms with Crippen molar-refractivity contribution in [1.82, 2.24) is 24.8 Å². The standard InChI is InChI=1S/C14H17N5/c1-11-7-17-12(8-16-11)9-19-6-2-3-14(19)13-4-5-15-10-18-13/h4-5,7-8,10,14H,2-3,6,9H2,1H3/t14-/m0/s1. The lowest BCUT2D eigenvalue weighted by Crippen LogP contribution is -2.24. The largest absolute Gasteiger partial charge is 0.289 e. The van der Waals surface area contributed by atoms with Crippen LogP contribution in [-0.2, 0) is 6.54 Å². The summed E-state index contributed by atoms with van der Waals surface area (Å²) in [4.78, 5) is 19.5. The van der Waals surface area contributed by atoms with Crippen molar-refractivity contribution in [1.29, 1.82) is 0 Å². The van der Waals surface area contributed by atoms with Gasteiger partial charge in [-0.2, -0.15) is 0 Å². The zero-order valence-electron chi connectivity index (χ0n) is 11.0. The van der Waals surface area contributed by atoms with Crippen LogP contribution in [0.2, 0.25) is 0 Å². The van der Waals surface area contributed by atoms with E-state index in [1.807, 2.05) is 31.6 Å². The highest BCUT2D eigenvalue weighted by Crippen LogP contribution is 2.31. The second-order valence-corrected chi connectivity index (χ2v) is 4.91. The Morgan fingerprint density at radius 1 is 1.26 bits per heavy atom. The maximum atomic E-state index is 4.43. The minimum atomic E-state index is 0.381. The van der Waals surface area contributed by atoms with E-state index in [4.69, 9.17) is 0 Å². The molecule has 5 nitrogen and oxygen atoms in total. The number of aromatic nitrogens is 4. The zero-order chi connectivity index (χ0) is 13.1. The summed E-state index contributed by atoms with van der Waals surface area (Å²) in [7, 11) is 0. The van der Waals surface area contributed by atoms with Gasteiger partial charge in [0.2, 0.25) is 0 Å². The molecule has 5 heteroatoms. The van der Waals surface area contributed by atoms with E-state index in [-0.39, 0.29) is 0 Å².